The first-order chi connectivity index (χ1) is 14.9. The maximum atomic E-state index is 13.1. The van der Waals surface area contributed by atoms with E-state index in [1.165, 1.54) is 29.6 Å². The molecule has 166 valence electrons. The largest absolute Gasteiger partial charge is 0.495 e. The number of nitrogens with one attached hydrogen (secondary N) is 1. The average molecular weight is 448 g/mol. The van der Waals surface area contributed by atoms with E-state index >= 15 is 0 Å². The number of para-hydroxylation sites is 2. The Morgan fingerprint density at radius 1 is 1.10 bits per heavy atom. The van der Waals surface area contributed by atoms with Gasteiger partial charge in [-0.15, -0.1) is 0 Å². The summed E-state index contributed by atoms with van der Waals surface area (Å²) in [5, 5.41) is 2.72. The van der Waals surface area contributed by atoms with E-state index in [1.54, 1.807) is 18.2 Å². The van der Waals surface area contributed by atoms with Gasteiger partial charge in [-0.2, -0.15) is 4.31 Å². The van der Waals surface area contributed by atoms with E-state index in [0.29, 0.717) is 43.4 Å². The van der Waals surface area contributed by atoms with Gasteiger partial charge in [-0.3, -0.25) is 4.79 Å². The maximum absolute atomic E-state index is 13.1. The molecule has 2 aromatic carbocycles. The molecule has 0 bridgehead atoms. The van der Waals surface area contributed by atoms with Crippen molar-refractivity contribution in [2.45, 2.75) is 11.0 Å². The predicted molar refractivity (Wildman–Crippen MR) is 114 cm³/mol. The standard InChI is InChI=1S/C21H25N3O6S/c1-23-9-11-24(12-10-23)31(26,27)15-7-8-17(28-2)16(13-15)22-21(25)20-14-29-18-5-3-4-6-19(18)30-20/h3-8,13,20H,9-12,14H2,1-2H3,(H,22,25)/t20-/m1/s1. The molecule has 2 aliphatic heterocycles. The monoisotopic (exact) mass is 447 g/mol. The molecule has 0 aliphatic carbocycles. The van der Waals surface area contributed by atoms with Crippen molar-refractivity contribution in [3.63, 3.8) is 0 Å². The first-order valence-corrected chi connectivity index (χ1v) is 11.4. The molecule has 2 aromatic rings. The molecule has 2 aliphatic rings. The number of methoxy groups -OCH3 is 1. The molecular weight excluding hydrogens is 422 g/mol. The summed E-state index contributed by atoms with van der Waals surface area (Å²) in [6, 6.07) is 11.5. The Kier molecular flexibility index (Phi) is 6.03. The smallest absolute Gasteiger partial charge is 0.269 e. The van der Waals surface area contributed by atoms with Crippen LogP contribution in [-0.2, 0) is 14.8 Å². The molecule has 1 amide bonds. The maximum Gasteiger partial charge on any atom is 0.269 e. The lowest BCUT2D eigenvalue weighted by Crippen LogP contribution is -2.47. The molecule has 2 heterocycles. The number of ether oxygens (including phenoxy) is 3. The van der Waals surface area contributed by atoms with Gasteiger partial charge in [0.2, 0.25) is 16.1 Å². The van der Waals surface area contributed by atoms with Gasteiger partial charge in [0.15, 0.2) is 11.5 Å². The van der Waals surface area contributed by atoms with Crippen LogP contribution in [0.15, 0.2) is 47.4 Å². The number of sulfonamides is 1. The summed E-state index contributed by atoms with van der Waals surface area (Å²) in [6.07, 6.45) is -0.877. The van der Waals surface area contributed by atoms with Crippen molar-refractivity contribution in [1.82, 2.24) is 9.21 Å². The molecule has 10 heteroatoms. The van der Waals surface area contributed by atoms with Crippen molar-refractivity contribution in [3.05, 3.63) is 42.5 Å². The minimum absolute atomic E-state index is 0.0461. The predicted octanol–water partition coefficient (Wildman–Crippen LogP) is 1.41. The molecule has 0 saturated carbocycles. The number of hydrogen-bond donors (Lipinski definition) is 1. The molecule has 4 rings (SSSR count). The van der Waals surface area contributed by atoms with E-state index in [2.05, 4.69) is 10.2 Å². The summed E-state index contributed by atoms with van der Waals surface area (Å²) in [6.45, 7) is 2.21. The van der Waals surface area contributed by atoms with Crippen molar-refractivity contribution in [3.8, 4) is 17.2 Å². The zero-order valence-corrected chi connectivity index (χ0v) is 18.2. The van der Waals surface area contributed by atoms with E-state index in [4.69, 9.17) is 14.2 Å². The quantitative estimate of drug-likeness (QED) is 0.740. The van der Waals surface area contributed by atoms with Gasteiger partial charge in [-0.25, -0.2) is 8.42 Å². The number of anilines is 1. The lowest BCUT2D eigenvalue weighted by atomic mass is 10.2. The van der Waals surface area contributed by atoms with Crippen molar-refractivity contribution < 1.29 is 27.4 Å². The number of hydrogen-bond acceptors (Lipinski definition) is 7. The van der Waals surface area contributed by atoms with Crippen LogP contribution in [0.2, 0.25) is 0 Å². The summed E-state index contributed by atoms with van der Waals surface area (Å²) in [5.41, 5.74) is 0.255. The van der Waals surface area contributed by atoms with Crippen molar-refractivity contribution in [2.75, 3.05) is 52.3 Å². The topological polar surface area (TPSA) is 97.4 Å². The van der Waals surface area contributed by atoms with Gasteiger partial charge < -0.3 is 24.4 Å². The number of piperazine rings is 1. The van der Waals surface area contributed by atoms with Gasteiger partial charge >= 0.3 is 0 Å². The minimum Gasteiger partial charge on any atom is -0.495 e. The highest BCUT2D eigenvalue weighted by atomic mass is 32.2. The lowest BCUT2D eigenvalue weighted by Gasteiger charge is -2.31. The number of benzene rings is 2. The van der Waals surface area contributed by atoms with Crippen LogP contribution in [0.25, 0.3) is 0 Å². The molecule has 1 N–H and O–H groups in total. The molecule has 0 spiro atoms. The fourth-order valence-corrected chi connectivity index (χ4v) is 4.93. The molecule has 31 heavy (non-hydrogen) atoms. The number of carbonyl (C=O) groups excluding carboxylic acids is 1. The number of nitrogens with zero attached hydrogens (tertiary/aromatic N) is 2. The van der Waals surface area contributed by atoms with Crippen LogP contribution in [0.5, 0.6) is 17.2 Å². The Balaban J connectivity index is 1.53. The Morgan fingerprint density at radius 2 is 1.81 bits per heavy atom. The van der Waals surface area contributed by atoms with Crippen LogP contribution >= 0.6 is 0 Å². The van der Waals surface area contributed by atoms with Gasteiger partial charge in [-0.1, -0.05) is 12.1 Å². The summed E-state index contributed by atoms with van der Waals surface area (Å²) < 4.78 is 44.3. The molecule has 1 fully saturated rings. The molecule has 9 nitrogen and oxygen atoms in total. The normalized spacial score (nSPS) is 19.6. The van der Waals surface area contributed by atoms with Gasteiger partial charge in [0, 0.05) is 26.2 Å². The average Bonchev–Trinajstić information content (AvgIpc) is 2.79. The zero-order chi connectivity index (χ0) is 22.0. The molecule has 0 radical (unpaired) electrons. The van der Waals surface area contributed by atoms with E-state index in [0.717, 1.165) is 0 Å². The summed E-state index contributed by atoms with van der Waals surface area (Å²) in [5.74, 6) is 0.946. The molecule has 0 aromatic heterocycles. The van der Waals surface area contributed by atoms with E-state index in [9.17, 15) is 13.2 Å². The third-order valence-electron chi connectivity index (χ3n) is 5.33. The highest BCUT2D eigenvalue weighted by molar-refractivity contribution is 7.89. The summed E-state index contributed by atoms with van der Waals surface area (Å²) in [7, 11) is -0.276. The number of carbonyl (C=O) groups is 1. The SMILES string of the molecule is COc1ccc(S(=O)(=O)N2CCN(C)CC2)cc1NC(=O)[C@H]1COc2ccccc2O1. The van der Waals surface area contributed by atoms with E-state index < -0.39 is 22.0 Å². The van der Waals surface area contributed by atoms with Gasteiger partial charge in [0.05, 0.1) is 17.7 Å². The van der Waals surface area contributed by atoms with Crippen LogP contribution in [0, 0.1) is 0 Å². The second-order valence-electron chi connectivity index (χ2n) is 7.42. The van der Waals surface area contributed by atoms with Gasteiger partial charge in [-0.05, 0) is 37.4 Å². The fraction of sp³-hybridized carbons (Fsp3) is 0.381. The Labute approximate surface area is 181 Å². The Bertz CT molecular complexity index is 1070. The van der Waals surface area contributed by atoms with Crippen LogP contribution in [0.1, 0.15) is 0 Å². The van der Waals surface area contributed by atoms with E-state index in [-0.39, 0.29) is 17.2 Å². The Hall–Kier alpha value is -2.82. The van der Waals surface area contributed by atoms with E-state index in [1.807, 2.05) is 13.1 Å². The Morgan fingerprint density at radius 3 is 2.52 bits per heavy atom. The lowest BCUT2D eigenvalue weighted by molar-refractivity contribution is -0.125. The summed E-state index contributed by atoms with van der Waals surface area (Å²) in [4.78, 5) is 15.0. The third-order valence-corrected chi connectivity index (χ3v) is 7.22. The number of likely N-dealkylation sites (N-methyl/N-ethyl adjacent to an activating group) is 1. The number of rotatable bonds is 5. The van der Waals surface area contributed by atoms with Crippen LogP contribution in [-0.4, -0.2) is 76.6 Å². The van der Waals surface area contributed by atoms with Crippen molar-refractivity contribution in [1.29, 1.82) is 0 Å². The second-order valence-corrected chi connectivity index (χ2v) is 9.36. The number of fused-ring (bicyclic) bond motifs is 1. The fourth-order valence-electron chi connectivity index (χ4n) is 3.48. The first-order valence-electron chi connectivity index (χ1n) is 9.94. The van der Waals surface area contributed by atoms with Gasteiger partial charge in [0.25, 0.3) is 5.91 Å². The first kappa shape index (κ1) is 21.4. The molecule has 1 saturated heterocycles. The zero-order valence-electron chi connectivity index (χ0n) is 17.4. The molecule has 1 atom stereocenters. The van der Waals surface area contributed by atoms with Crippen LogP contribution in [0.4, 0.5) is 5.69 Å². The molecule has 0 unspecified atom stereocenters. The van der Waals surface area contributed by atoms with Crippen molar-refractivity contribution in [2.24, 2.45) is 0 Å². The summed E-state index contributed by atoms with van der Waals surface area (Å²) >= 11 is 0. The number of amides is 1. The molecular formula is C21H25N3O6S. The highest BCUT2D eigenvalue weighted by Gasteiger charge is 2.30. The van der Waals surface area contributed by atoms with Crippen LogP contribution in [0.3, 0.4) is 0 Å². The van der Waals surface area contributed by atoms with Gasteiger partial charge in [0.1, 0.15) is 12.4 Å². The minimum atomic E-state index is -3.69. The van der Waals surface area contributed by atoms with Crippen LogP contribution < -0.4 is 19.5 Å². The third kappa shape index (κ3) is 4.46. The van der Waals surface area contributed by atoms with Crippen molar-refractivity contribution >= 4 is 21.6 Å². The second kappa shape index (κ2) is 8.74. The highest BCUT2D eigenvalue weighted by Crippen LogP contribution is 2.33.